The van der Waals surface area contributed by atoms with Crippen LogP contribution in [-0.2, 0) is 9.59 Å². The first-order valence-corrected chi connectivity index (χ1v) is 5.95. The zero-order chi connectivity index (χ0) is 10.7. The van der Waals surface area contributed by atoms with Crippen molar-refractivity contribution >= 4 is 23.6 Å². The number of carboxylic acid groups (broad SMARTS) is 1. The van der Waals surface area contributed by atoms with Gasteiger partial charge in [0.1, 0.15) is 0 Å². The summed E-state index contributed by atoms with van der Waals surface area (Å²) in [5, 5.41) is 8.87. The maximum absolute atomic E-state index is 11.5. The number of likely N-dealkylation sites (tertiary alicyclic amines) is 1. The second-order valence-electron chi connectivity index (χ2n) is 3.65. The SMILES string of the molecule is CSCC(=O)N1C[C@@H](C)[C@H](C(=O)O)C1. The number of rotatable bonds is 3. The van der Waals surface area contributed by atoms with Crippen LogP contribution in [0.15, 0.2) is 0 Å². The van der Waals surface area contributed by atoms with E-state index >= 15 is 0 Å². The molecule has 0 saturated carbocycles. The molecular weight excluding hydrogens is 202 g/mol. The molecule has 0 aromatic rings. The smallest absolute Gasteiger partial charge is 0.308 e. The first-order valence-electron chi connectivity index (χ1n) is 4.55. The van der Waals surface area contributed by atoms with Gasteiger partial charge in [0.25, 0.3) is 0 Å². The Morgan fingerprint density at radius 1 is 1.50 bits per heavy atom. The van der Waals surface area contributed by atoms with Crippen molar-refractivity contribution in [2.45, 2.75) is 6.92 Å². The fraction of sp³-hybridized carbons (Fsp3) is 0.778. The summed E-state index contributed by atoms with van der Waals surface area (Å²) in [6.07, 6.45) is 1.87. The molecule has 1 amide bonds. The number of carbonyl (C=O) groups is 2. The quantitative estimate of drug-likeness (QED) is 0.749. The average molecular weight is 217 g/mol. The molecule has 5 heteroatoms. The maximum atomic E-state index is 11.5. The van der Waals surface area contributed by atoms with Gasteiger partial charge in [-0.3, -0.25) is 9.59 Å². The summed E-state index contributed by atoms with van der Waals surface area (Å²) in [5.41, 5.74) is 0. The predicted molar refractivity (Wildman–Crippen MR) is 55.3 cm³/mol. The van der Waals surface area contributed by atoms with Gasteiger partial charge in [0.05, 0.1) is 11.7 Å². The standard InChI is InChI=1S/C9H15NO3S/c1-6-3-10(8(11)5-14-2)4-7(6)9(12)13/h6-7H,3-5H2,1-2H3,(H,12,13)/t6-,7-/m1/s1. The summed E-state index contributed by atoms with van der Waals surface area (Å²) in [4.78, 5) is 23.9. The van der Waals surface area contributed by atoms with Gasteiger partial charge in [-0.1, -0.05) is 6.92 Å². The van der Waals surface area contributed by atoms with Crippen LogP contribution in [0.25, 0.3) is 0 Å². The Balaban J connectivity index is 2.54. The molecule has 0 radical (unpaired) electrons. The number of aliphatic carboxylic acids is 1. The molecule has 0 aromatic carbocycles. The fourth-order valence-corrected chi connectivity index (χ4v) is 2.14. The Labute approximate surface area is 87.7 Å². The number of nitrogens with zero attached hydrogens (tertiary/aromatic N) is 1. The summed E-state index contributed by atoms with van der Waals surface area (Å²) in [6, 6.07) is 0. The van der Waals surface area contributed by atoms with Crippen molar-refractivity contribution in [1.29, 1.82) is 0 Å². The van der Waals surface area contributed by atoms with Gasteiger partial charge in [-0.2, -0.15) is 11.8 Å². The second kappa shape index (κ2) is 4.68. The Kier molecular flexibility index (Phi) is 3.80. The zero-order valence-corrected chi connectivity index (χ0v) is 9.21. The predicted octanol–water partition coefficient (Wildman–Crippen LogP) is 0.529. The van der Waals surface area contributed by atoms with Crippen LogP contribution in [0.2, 0.25) is 0 Å². The van der Waals surface area contributed by atoms with E-state index in [0.717, 1.165) is 0 Å². The first-order chi connectivity index (χ1) is 6.56. The van der Waals surface area contributed by atoms with Crippen LogP contribution < -0.4 is 0 Å². The van der Waals surface area contributed by atoms with Crippen molar-refractivity contribution in [1.82, 2.24) is 4.90 Å². The lowest BCUT2D eigenvalue weighted by molar-refractivity contribution is -0.142. The third-order valence-electron chi connectivity index (χ3n) is 2.55. The molecule has 1 rings (SSSR count). The minimum Gasteiger partial charge on any atom is -0.481 e. The molecule has 2 atom stereocenters. The van der Waals surface area contributed by atoms with Gasteiger partial charge in [0.15, 0.2) is 0 Å². The molecule has 1 saturated heterocycles. The van der Waals surface area contributed by atoms with Crippen molar-refractivity contribution in [2.24, 2.45) is 11.8 Å². The van der Waals surface area contributed by atoms with E-state index in [4.69, 9.17) is 5.11 Å². The lowest BCUT2D eigenvalue weighted by Gasteiger charge is -2.14. The molecule has 1 aliphatic heterocycles. The topological polar surface area (TPSA) is 57.6 Å². The van der Waals surface area contributed by atoms with Gasteiger partial charge in [-0.05, 0) is 12.2 Å². The summed E-state index contributed by atoms with van der Waals surface area (Å²) in [7, 11) is 0. The maximum Gasteiger partial charge on any atom is 0.308 e. The highest BCUT2D eigenvalue weighted by atomic mass is 32.2. The third-order valence-corrected chi connectivity index (χ3v) is 3.09. The van der Waals surface area contributed by atoms with Gasteiger partial charge in [0.2, 0.25) is 5.91 Å². The van der Waals surface area contributed by atoms with E-state index in [0.29, 0.717) is 18.8 Å². The van der Waals surface area contributed by atoms with Crippen LogP contribution in [0, 0.1) is 11.8 Å². The van der Waals surface area contributed by atoms with Crippen LogP contribution in [0.5, 0.6) is 0 Å². The fourth-order valence-electron chi connectivity index (χ4n) is 1.71. The summed E-state index contributed by atoms with van der Waals surface area (Å²) < 4.78 is 0. The molecule has 0 aliphatic carbocycles. The Morgan fingerprint density at radius 2 is 2.14 bits per heavy atom. The van der Waals surface area contributed by atoms with E-state index < -0.39 is 5.97 Å². The van der Waals surface area contributed by atoms with E-state index in [9.17, 15) is 9.59 Å². The van der Waals surface area contributed by atoms with Crippen molar-refractivity contribution in [2.75, 3.05) is 25.1 Å². The molecule has 14 heavy (non-hydrogen) atoms. The third kappa shape index (κ3) is 2.41. The lowest BCUT2D eigenvalue weighted by atomic mass is 9.99. The number of carbonyl (C=O) groups excluding carboxylic acids is 1. The number of amides is 1. The number of carboxylic acids is 1. The molecule has 0 bridgehead atoms. The van der Waals surface area contributed by atoms with Crippen LogP contribution in [0.1, 0.15) is 6.92 Å². The van der Waals surface area contributed by atoms with Crippen molar-refractivity contribution in [3.63, 3.8) is 0 Å². The molecule has 0 spiro atoms. The van der Waals surface area contributed by atoms with Gasteiger partial charge >= 0.3 is 5.97 Å². The highest BCUT2D eigenvalue weighted by molar-refractivity contribution is 7.99. The Morgan fingerprint density at radius 3 is 2.57 bits per heavy atom. The molecule has 1 fully saturated rings. The molecule has 1 aliphatic rings. The van der Waals surface area contributed by atoms with Crippen molar-refractivity contribution < 1.29 is 14.7 Å². The number of hydrogen-bond acceptors (Lipinski definition) is 3. The minimum absolute atomic E-state index is 0.0492. The van der Waals surface area contributed by atoms with Crippen LogP contribution in [0.4, 0.5) is 0 Å². The van der Waals surface area contributed by atoms with Crippen LogP contribution >= 0.6 is 11.8 Å². The van der Waals surface area contributed by atoms with E-state index in [1.165, 1.54) is 11.8 Å². The summed E-state index contributed by atoms with van der Waals surface area (Å²) in [6.45, 7) is 2.83. The van der Waals surface area contributed by atoms with E-state index in [-0.39, 0.29) is 17.7 Å². The highest BCUT2D eigenvalue weighted by Crippen LogP contribution is 2.23. The Bertz CT molecular complexity index is 244. The number of thioether (sulfide) groups is 1. The zero-order valence-electron chi connectivity index (χ0n) is 8.40. The monoisotopic (exact) mass is 217 g/mol. The van der Waals surface area contributed by atoms with Crippen LogP contribution in [0.3, 0.4) is 0 Å². The number of hydrogen-bond donors (Lipinski definition) is 1. The summed E-state index contributed by atoms with van der Waals surface area (Å²) >= 11 is 1.47. The largest absolute Gasteiger partial charge is 0.481 e. The molecule has 1 heterocycles. The van der Waals surface area contributed by atoms with Crippen molar-refractivity contribution in [3.05, 3.63) is 0 Å². The molecule has 80 valence electrons. The average Bonchev–Trinajstić information content (AvgIpc) is 2.48. The molecule has 1 N–H and O–H groups in total. The second-order valence-corrected chi connectivity index (χ2v) is 4.52. The van der Waals surface area contributed by atoms with E-state index in [2.05, 4.69) is 0 Å². The normalized spacial score (nSPS) is 26.6. The highest BCUT2D eigenvalue weighted by Gasteiger charge is 2.36. The van der Waals surface area contributed by atoms with Gasteiger partial charge < -0.3 is 10.0 Å². The minimum atomic E-state index is -0.794. The molecular formula is C9H15NO3S. The van der Waals surface area contributed by atoms with E-state index in [1.807, 2.05) is 13.2 Å². The molecule has 0 unspecified atom stereocenters. The lowest BCUT2D eigenvalue weighted by Crippen LogP contribution is -2.31. The van der Waals surface area contributed by atoms with Crippen molar-refractivity contribution in [3.8, 4) is 0 Å². The summed E-state index contributed by atoms with van der Waals surface area (Å²) in [5.74, 6) is -0.622. The van der Waals surface area contributed by atoms with Gasteiger partial charge in [-0.25, -0.2) is 0 Å². The molecule has 0 aromatic heterocycles. The first kappa shape index (κ1) is 11.4. The van der Waals surface area contributed by atoms with Gasteiger partial charge in [0, 0.05) is 13.1 Å². The van der Waals surface area contributed by atoms with Gasteiger partial charge in [-0.15, -0.1) is 0 Å². The molecule has 4 nitrogen and oxygen atoms in total. The van der Waals surface area contributed by atoms with E-state index in [1.54, 1.807) is 4.90 Å². The van der Waals surface area contributed by atoms with Crippen LogP contribution in [-0.4, -0.2) is 47.0 Å². The Hall–Kier alpha value is -0.710.